The second kappa shape index (κ2) is 7.21. The average Bonchev–Trinajstić information content (AvgIpc) is 2.13. The summed E-state index contributed by atoms with van der Waals surface area (Å²) < 4.78 is 11.1. The van der Waals surface area contributed by atoms with E-state index in [0.717, 1.165) is 0 Å². The Hall–Kier alpha value is -0.120. The van der Waals surface area contributed by atoms with Gasteiger partial charge in [-0.25, -0.2) is 0 Å². The van der Waals surface area contributed by atoms with E-state index in [1.807, 2.05) is 13.8 Å². The standard InChI is InChI=1S/C11H24O3/c1-8(2)11(5)14-10(4)7-13-9(3)6-12/h8-12H,6-7H2,1-5H3. The van der Waals surface area contributed by atoms with Crippen molar-refractivity contribution in [1.29, 1.82) is 0 Å². The normalized spacial score (nSPS) is 18.2. The molecule has 0 aliphatic rings. The maximum atomic E-state index is 8.75. The molecular weight excluding hydrogens is 180 g/mol. The summed E-state index contributed by atoms with van der Waals surface area (Å²) in [6, 6.07) is 0. The highest BCUT2D eigenvalue weighted by molar-refractivity contribution is 4.59. The maximum absolute atomic E-state index is 8.75. The van der Waals surface area contributed by atoms with Crippen LogP contribution in [0.25, 0.3) is 0 Å². The molecule has 0 rings (SSSR count). The first-order chi connectivity index (χ1) is 6.47. The fourth-order valence-electron chi connectivity index (χ4n) is 0.915. The molecule has 0 aromatic heterocycles. The van der Waals surface area contributed by atoms with Crippen LogP contribution in [0.15, 0.2) is 0 Å². The third kappa shape index (κ3) is 6.35. The first-order valence-corrected chi connectivity index (χ1v) is 5.35. The fourth-order valence-corrected chi connectivity index (χ4v) is 0.915. The van der Waals surface area contributed by atoms with Crippen LogP contribution in [0.1, 0.15) is 34.6 Å². The van der Waals surface area contributed by atoms with Crippen molar-refractivity contribution in [2.24, 2.45) is 5.92 Å². The van der Waals surface area contributed by atoms with E-state index in [2.05, 4.69) is 20.8 Å². The highest BCUT2D eigenvalue weighted by Crippen LogP contribution is 2.08. The van der Waals surface area contributed by atoms with Crippen molar-refractivity contribution in [3.05, 3.63) is 0 Å². The molecule has 86 valence electrons. The number of ether oxygens (including phenoxy) is 2. The van der Waals surface area contributed by atoms with Gasteiger partial charge in [-0.15, -0.1) is 0 Å². The van der Waals surface area contributed by atoms with Gasteiger partial charge in [0, 0.05) is 0 Å². The molecule has 0 heterocycles. The van der Waals surface area contributed by atoms with Crippen LogP contribution in [-0.2, 0) is 9.47 Å². The summed E-state index contributed by atoms with van der Waals surface area (Å²) in [5, 5.41) is 8.75. The highest BCUT2D eigenvalue weighted by Gasteiger charge is 2.12. The van der Waals surface area contributed by atoms with Crippen molar-refractivity contribution in [2.45, 2.75) is 52.9 Å². The number of aliphatic hydroxyl groups is 1. The Labute approximate surface area is 87.4 Å². The third-order valence-corrected chi connectivity index (χ3v) is 2.26. The van der Waals surface area contributed by atoms with E-state index in [1.165, 1.54) is 0 Å². The van der Waals surface area contributed by atoms with Crippen molar-refractivity contribution in [3.63, 3.8) is 0 Å². The molecule has 0 aliphatic carbocycles. The van der Waals surface area contributed by atoms with Gasteiger partial charge < -0.3 is 14.6 Å². The van der Waals surface area contributed by atoms with E-state index in [4.69, 9.17) is 14.6 Å². The lowest BCUT2D eigenvalue weighted by Gasteiger charge is -2.22. The quantitative estimate of drug-likeness (QED) is 0.687. The summed E-state index contributed by atoms with van der Waals surface area (Å²) in [5.41, 5.74) is 0. The van der Waals surface area contributed by atoms with Crippen LogP contribution in [0.2, 0.25) is 0 Å². The van der Waals surface area contributed by atoms with E-state index in [-0.39, 0.29) is 24.9 Å². The number of aliphatic hydroxyl groups excluding tert-OH is 1. The molecule has 14 heavy (non-hydrogen) atoms. The van der Waals surface area contributed by atoms with Gasteiger partial charge in [-0.05, 0) is 26.7 Å². The van der Waals surface area contributed by atoms with Gasteiger partial charge in [-0.3, -0.25) is 0 Å². The fraction of sp³-hybridized carbons (Fsp3) is 1.00. The van der Waals surface area contributed by atoms with Crippen molar-refractivity contribution < 1.29 is 14.6 Å². The zero-order chi connectivity index (χ0) is 11.1. The zero-order valence-corrected chi connectivity index (χ0v) is 9.99. The minimum atomic E-state index is -0.101. The molecule has 1 N–H and O–H groups in total. The number of hydrogen-bond donors (Lipinski definition) is 1. The molecule has 0 aliphatic heterocycles. The monoisotopic (exact) mass is 204 g/mol. The molecular formula is C11H24O3. The lowest BCUT2D eigenvalue weighted by Crippen LogP contribution is -2.27. The zero-order valence-electron chi connectivity index (χ0n) is 9.99. The van der Waals surface area contributed by atoms with Crippen LogP contribution in [0.4, 0.5) is 0 Å². The van der Waals surface area contributed by atoms with Crippen molar-refractivity contribution in [2.75, 3.05) is 13.2 Å². The number of hydrogen-bond acceptors (Lipinski definition) is 3. The van der Waals surface area contributed by atoms with Gasteiger partial charge in [0.1, 0.15) is 0 Å². The molecule has 0 fully saturated rings. The van der Waals surface area contributed by atoms with Crippen LogP contribution in [-0.4, -0.2) is 36.6 Å². The van der Waals surface area contributed by atoms with E-state index < -0.39 is 0 Å². The summed E-state index contributed by atoms with van der Waals surface area (Å²) in [6.07, 6.45) is 0.231. The van der Waals surface area contributed by atoms with Gasteiger partial charge >= 0.3 is 0 Å². The molecule has 0 saturated carbocycles. The minimum Gasteiger partial charge on any atom is -0.394 e. The smallest absolute Gasteiger partial charge is 0.0784 e. The number of rotatable bonds is 7. The Morgan fingerprint density at radius 2 is 1.57 bits per heavy atom. The van der Waals surface area contributed by atoms with Crippen LogP contribution in [0.5, 0.6) is 0 Å². The average molecular weight is 204 g/mol. The molecule has 3 unspecified atom stereocenters. The van der Waals surface area contributed by atoms with Crippen molar-refractivity contribution >= 4 is 0 Å². The summed E-state index contributed by atoms with van der Waals surface area (Å²) >= 11 is 0. The molecule has 3 nitrogen and oxygen atoms in total. The van der Waals surface area contributed by atoms with E-state index >= 15 is 0 Å². The molecule has 0 radical (unpaired) electrons. The molecule has 0 spiro atoms. The largest absolute Gasteiger partial charge is 0.394 e. The Morgan fingerprint density at radius 1 is 1.00 bits per heavy atom. The van der Waals surface area contributed by atoms with Gasteiger partial charge in [0.05, 0.1) is 31.5 Å². The molecule has 3 atom stereocenters. The van der Waals surface area contributed by atoms with E-state index in [9.17, 15) is 0 Å². The maximum Gasteiger partial charge on any atom is 0.0784 e. The third-order valence-electron chi connectivity index (χ3n) is 2.26. The summed E-state index contributed by atoms with van der Waals surface area (Å²) in [7, 11) is 0. The minimum absolute atomic E-state index is 0.0620. The molecule has 0 saturated heterocycles. The lowest BCUT2D eigenvalue weighted by atomic mass is 10.1. The van der Waals surface area contributed by atoms with Crippen molar-refractivity contribution in [1.82, 2.24) is 0 Å². The Kier molecular flexibility index (Phi) is 7.15. The Balaban J connectivity index is 3.59. The lowest BCUT2D eigenvalue weighted by molar-refractivity contribution is -0.0782. The molecule has 0 bridgehead atoms. The van der Waals surface area contributed by atoms with Gasteiger partial charge in [-0.1, -0.05) is 13.8 Å². The van der Waals surface area contributed by atoms with Crippen LogP contribution in [0, 0.1) is 5.92 Å². The summed E-state index contributed by atoms with van der Waals surface area (Å²) in [4.78, 5) is 0. The molecule has 3 heteroatoms. The van der Waals surface area contributed by atoms with Crippen molar-refractivity contribution in [3.8, 4) is 0 Å². The molecule has 0 aromatic rings. The Bertz CT molecular complexity index is 136. The van der Waals surface area contributed by atoms with Gasteiger partial charge in [0.15, 0.2) is 0 Å². The summed E-state index contributed by atoms with van der Waals surface area (Å²) in [6.45, 7) is 10.8. The van der Waals surface area contributed by atoms with Gasteiger partial charge in [-0.2, -0.15) is 0 Å². The first-order valence-electron chi connectivity index (χ1n) is 5.35. The van der Waals surface area contributed by atoms with Crippen LogP contribution < -0.4 is 0 Å². The first kappa shape index (κ1) is 13.9. The predicted molar refractivity (Wildman–Crippen MR) is 57.3 cm³/mol. The Morgan fingerprint density at radius 3 is 2.00 bits per heavy atom. The molecule has 0 amide bonds. The van der Waals surface area contributed by atoms with E-state index in [0.29, 0.717) is 12.5 Å². The highest BCUT2D eigenvalue weighted by atomic mass is 16.5. The van der Waals surface area contributed by atoms with Crippen LogP contribution in [0.3, 0.4) is 0 Å². The second-order valence-electron chi connectivity index (χ2n) is 4.22. The molecule has 0 aromatic carbocycles. The van der Waals surface area contributed by atoms with Gasteiger partial charge in [0.25, 0.3) is 0 Å². The van der Waals surface area contributed by atoms with Gasteiger partial charge in [0.2, 0.25) is 0 Å². The summed E-state index contributed by atoms with van der Waals surface area (Å²) in [5.74, 6) is 0.521. The predicted octanol–water partition coefficient (Wildman–Crippen LogP) is 1.83. The topological polar surface area (TPSA) is 38.7 Å². The van der Waals surface area contributed by atoms with Crippen LogP contribution >= 0.6 is 0 Å². The van der Waals surface area contributed by atoms with E-state index in [1.54, 1.807) is 0 Å². The SMILES string of the molecule is CC(CO)OCC(C)OC(C)C(C)C. The second-order valence-corrected chi connectivity index (χ2v) is 4.22.